The summed E-state index contributed by atoms with van der Waals surface area (Å²) in [6.45, 7) is 0.0352. The second kappa shape index (κ2) is 9.56. The smallest absolute Gasteiger partial charge is 0.326 e. The number of carbonyl (C=O) groups is 3. The number of hydrogen-bond donors (Lipinski definition) is 1. The molecule has 2 heterocycles. The molecule has 0 spiro atoms. The molecule has 1 saturated heterocycles. The number of benzene rings is 2. The molecule has 0 saturated carbocycles. The van der Waals surface area contributed by atoms with E-state index in [0.717, 1.165) is 10.5 Å². The van der Waals surface area contributed by atoms with E-state index < -0.39 is 17.5 Å². The molecule has 0 bridgehead atoms. The van der Waals surface area contributed by atoms with Crippen LogP contribution in [0.4, 0.5) is 4.79 Å². The van der Waals surface area contributed by atoms with Crippen LogP contribution in [0.2, 0.25) is 0 Å². The summed E-state index contributed by atoms with van der Waals surface area (Å²) in [6.07, 6.45) is 0. The fourth-order valence-corrected chi connectivity index (χ4v) is 4.62. The van der Waals surface area contributed by atoms with Gasteiger partial charge in [0.05, 0.1) is 14.2 Å². The number of nitrogens with zero attached hydrogens (tertiary/aromatic N) is 2. The third-order valence-corrected chi connectivity index (χ3v) is 6.60. The van der Waals surface area contributed by atoms with Crippen LogP contribution >= 0.6 is 11.3 Å². The van der Waals surface area contributed by atoms with Crippen molar-refractivity contribution >= 4 is 29.2 Å². The van der Waals surface area contributed by atoms with E-state index in [1.807, 2.05) is 16.8 Å². The standard InChI is InChI=1S/C25H25N3O5S/c1-27(14-17-12-13-34-16-17)22(29)15-28-23(30)25(26-24(28)31,18-4-8-20(32-2)9-5-18)19-6-10-21(33-3)11-7-19/h4-13,16H,14-15H2,1-3H3,(H,26,31). The Hall–Kier alpha value is -3.85. The normalized spacial score (nSPS) is 14.6. The van der Waals surface area contributed by atoms with Crippen LogP contribution in [-0.4, -0.2) is 55.5 Å². The molecule has 0 atom stereocenters. The van der Waals surface area contributed by atoms with Crippen molar-refractivity contribution in [1.29, 1.82) is 0 Å². The highest BCUT2D eigenvalue weighted by Gasteiger charge is 2.54. The van der Waals surface area contributed by atoms with E-state index >= 15 is 0 Å². The van der Waals surface area contributed by atoms with Gasteiger partial charge in [-0.2, -0.15) is 11.3 Å². The summed E-state index contributed by atoms with van der Waals surface area (Å²) >= 11 is 1.54. The molecule has 9 heteroatoms. The van der Waals surface area contributed by atoms with Gasteiger partial charge in [0.1, 0.15) is 18.0 Å². The van der Waals surface area contributed by atoms with Crippen molar-refractivity contribution in [1.82, 2.24) is 15.1 Å². The van der Waals surface area contributed by atoms with Gasteiger partial charge in [-0.15, -0.1) is 0 Å². The zero-order valence-electron chi connectivity index (χ0n) is 19.1. The first-order valence-electron chi connectivity index (χ1n) is 10.6. The number of ether oxygens (including phenoxy) is 2. The molecule has 0 unspecified atom stereocenters. The quantitative estimate of drug-likeness (QED) is 0.501. The van der Waals surface area contributed by atoms with E-state index in [4.69, 9.17) is 9.47 Å². The average Bonchev–Trinajstić information content (AvgIpc) is 3.46. The topological polar surface area (TPSA) is 88.2 Å². The van der Waals surface area contributed by atoms with Crippen LogP contribution in [0.25, 0.3) is 0 Å². The van der Waals surface area contributed by atoms with Crippen molar-refractivity contribution in [2.24, 2.45) is 0 Å². The van der Waals surface area contributed by atoms with Gasteiger partial charge < -0.3 is 19.7 Å². The van der Waals surface area contributed by atoms with Gasteiger partial charge in [0.2, 0.25) is 5.91 Å². The van der Waals surface area contributed by atoms with Crippen LogP contribution in [0.3, 0.4) is 0 Å². The Morgan fingerprint density at radius 2 is 1.53 bits per heavy atom. The molecule has 1 aromatic heterocycles. The van der Waals surface area contributed by atoms with Crippen molar-refractivity contribution in [3.05, 3.63) is 82.0 Å². The Bertz CT molecular complexity index is 1130. The van der Waals surface area contributed by atoms with Crippen molar-refractivity contribution in [3.8, 4) is 11.5 Å². The van der Waals surface area contributed by atoms with E-state index in [1.165, 1.54) is 4.90 Å². The van der Waals surface area contributed by atoms with Crippen LogP contribution < -0.4 is 14.8 Å². The summed E-state index contributed by atoms with van der Waals surface area (Å²) in [6, 6.07) is 15.1. The molecule has 1 aliphatic heterocycles. The van der Waals surface area contributed by atoms with Gasteiger partial charge in [-0.05, 0) is 57.8 Å². The van der Waals surface area contributed by atoms with Gasteiger partial charge in [-0.3, -0.25) is 14.5 Å². The minimum Gasteiger partial charge on any atom is -0.497 e. The third kappa shape index (κ3) is 4.22. The number of amides is 4. The van der Waals surface area contributed by atoms with E-state index in [-0.39, 0.29) is 12.5 Å². The fourth-order valence-electron chi connectivity index (χ4n) is 3.96. The maximum Gasteiger partial charge on any atom is 0.326 e. The number of hydrogen-bond acceptors (Lipinski definition) is 6. The van der Waals surface area contributed by atoms with E-state index in [2.05, 4.69) is 5.32 Å². The lowest BCUT2D eigenvalue weighted by Gasteiger charge is -2.28. The Kier molecular flexibility index (Phi) is 6.56. The highest BCUT2D eigenvalue weighted by atomic mass is 32.1. The summed E-state index contributed by atoms with van der Waals surface area (Å²) in [5, 5.41) is 6.74. The van der Waals surface area contributed by atoms with Crippen LogP contribution in [0, 0.1) is 0 Å². The monoisotopic (exact) mass is 479 g/mol. The minimum absolute atomic E-state index is 0.338. The average molecular weight is 480 g/mol. The number of likely N-dealkylation sites (N-methyl/N-ethyl adjacent to an activating group) is 1. The Morgan fingerprint density at radius 1 is 0.971 bits per heavy atom. The number of thiophene rings is 1. The van der Waals surface area contributed by atoms with Crippen molar-refractivity contribution < 1.29 is 23.9 Å². The molecule has 3 aromatic rings. The van der Waals surface area contributed by atoms with Crippen LogP contribution in [0.1, 0.15) is 16.7 Å². The van der Waals surface area contributed by atoms with Crippen molar-refractivity contribution in [2.75, 3.05) is 27.8 Å². The predicted octanol–water partition coefficient (Wildman–Crippen LogP) is 3.22. The molecule has 1 aliphatic rings. The Morgan fingerprint density at radius 3 is 2.00 bits per heavy atom. The summed E-state index contributed by atoms with van der Waals surface area (Å²) in [5.41, 5.74) is 0.614. The largest absolute Gasteiger partial charge is 0.497 e. The highest BCUT2D eigenvalue weighted by Crippen LogP contribution is 2.37. The SMILES string of the molecule is COc1ccc(C2(c3ccc(OC)cc3)NC(=O)N(CC(=O)N(C)Cc3ccsc3)C2=O)cc1. The Balaban J connectivity index is 1.67. The zero-order chi connectivity index (χ0) is 24.3. The van der Waals surface area contributed by atoms with Crippen molar-refractivity contribution in [2.45, 2.75) is 12.1 Å². The van der Waals surface area contributed by atoms with Gasteiger partial charge in [0, 0.05) is 13.6 Å². The summed E-state index contributed by atoms with van der Waals surface area (Å²) < 4.78 is 10.5. The summed E-state index contributed by atoms with van der Waals surface area (Å²) in [4.78, 5) is 42.2. The number of methoxy groups -OCH3 is 2. The predicted molar refractivity (Wildman–Crippen MR) is 128 cm³/mol. The lowest BCUT2D eigenvalue weighted by molar-refractivity contribution is -0.138. The number of carbonyl (C=O) groups excluding carboxylic acids is 3. The first kappa shape index (κ1) is 23.3. The number of nitrogens with one attached hydrogen (secondary N) is 1. The molecule has 1 N–H and O–H groups in total. The maximum atomic E-state index is 13.8. The first-order valence-corrected chi connectivity index (χ1v) is 11.5. The van der Waals surface area contributed by atoms with Crippen LogP contribution in [0.5, 0.6) is 11.5 Å². The van der Waals surface area contributed by atoms with Gasteiger partial charge in [0.25, 0.3) is 5.91 Å². The zero-order valence-corrected chi connectivity index (χ0v) is 19.9. The molecular weight excluding hydrogens is 454 g/mol. The van der Waals surface area contributed by atoms with E-state index in [9.17, 15) is 14.4 Å². The number of urea groups is 1. The van der Waals surface area contributed by atoms with Gasteiger partial charge in [-0.1, -0.05) is 24.3 Å². The lowest BCUT2D eigenvalue weighted by Crippen LogP contribution is -2.46. The maximum absolute atomic E-state index is 13.8. The van der Waals surface area contributed by atoms with Gasteiger partial charge in [0.15, 0.2) is 5.54 Å². The molecule has 0 radical (unpaired) electrons. The second-order valence-electron chi connectivity index (χ2n) is 7.91. The highest BCUT2D eigenvalue weighted by molar-refractivity contribution is 7.07. The van der Waals surface area contributed by atoms with Crippen molar-refractivity contribution in [3.63, 3.8) is 0 Å². The lowest BCUT2D eigenvalue weighted by atomic mass is 9.82. The molecule has 8 nitrogen and oxygen atoms in total. The number of imide groups is 1. The van der Waals surface area contributed by atoms with Gasteiger partial charge in [-0.25, -0.2) is 4.79 Å². The number of rotatable bonds is 8. The van der Waals surface area contributed by atoms with Crippen LogP contribution in [-0.2, 0) is 21.7 Å². The summed E-state index contributed by atoms with van der Waals surface area (Å²) in [7, 11) is 4.76. The van der Waals surface area contributed by atoms with Gasteiger partial charge >= 0.3 is 6.03 Å². The Labute approximate surface area is 201 Å². The molecule has 4 amide bonds. The first-order chi connectivity index (χ1) is 16.4. The molecule has 4 rings (SSSR count). The third-order valence-electron chi connectivity index (χ3n) is 5.87. The van der Waals surface area contributed by atoms with E-state index in [1.54, 1.807) is 81.1 Å². The molecule has 1 fully saturated rings. The van der Waals surface area contributed by atoms with E-state index in [0.29, 0.717) is 29.2 Å². The molecule has 34 heavy (non-hydrogen) atoms. The second-order valence-corrected chi connectivity index (χ2v) is 8.69. The molecule has 2 aromatic carbocycles. The molecule has 176 valence electrons. The molecule has 0 aliphatic carbocycles. The molecular formula is C25H25N3O5S. The van der Waals surface area contributed by atoms with Crippen LogP contribution in [0.15, 0.2) is 65.4 Å². The fraction of sp³-hybridized carbons (Fsp3) is 0.240. The summed E-state index contributed by atoms with van der Waals surface area (Å²) in [5.74, 6) is 0.375. The minimum atomic E-state index is -1.48.